The molecule has 1 heterocycles. The lowest BCUT2D eigenvalue weighted by Crippen LogP contribution is -2.54. The molecule has 1 aromatic heterocycles. The van der Waals surface area contributed by atoms with Gasteiger partial charge in [0.1, 0.15) is 0 Å². The Morgan fingerprint density at radius 3 is 2.57 bits per heavy atom. The van der Waals surface area contributed by atoms with Crippen molar-refractivity contribution in [2.24, 2.45) is 0 Å². The molecule has 2 N–H and O–H groups in total. The van der Waals surface area contributed by atoms with Crippen molar-refractivity contribution in [1.29, 1.82) is 0 Å². The van der Waals surface area contributed by atoms with Gasteiger partial charge in [-0.05, 0) is 44.4 Å². The summed E-state index contributed by atoms with van der Waals surface area (Å²) in [6.07, 6.45) is 2.29. The monoisotopic (exact) mass is 313 g/mol. The molecule has 0 unspecified atom stereocenters. The van der Waals surface area contributed by atoms with Crippen LogP contribution in [-0.4, -0.2) is 32.3 Å². The standard InChI is InChI=1S/C17H19N3O3/c1-12-10-14(19-20(12)13-6-3-2-4-7-13)16(23)18-17(8-5-9-17)11-15(21)22/h2-4,6-7,10H,5,8-9,11H2,1H3,(H,18,23)(H,21,22). The Morgan fingerprint density at radius 2 is 2.00 bits per heavy atom. The number of aryl methyl sites for hydroxylation is 1. The molecule has 1 aliphatic rings. The van der Waals surface area contributed by atoms with Crippen molar-refractivity contribution in [1.82, 2.24) is 15.1 Å². The molecule has 0 saturated heterocycles. The highest BCUT2D eigenvalue weighted by molar-refractivity contribution is 5.93. The first-order valence-corrected chi connectivity index (χ1v) is 7.65. The van der Waals surface area contributed by atoms with Crippen LogP contribution in [0.15, 0.2) is 36.4 Å². The van der Waals surface area contributed by atoms with Crippen LogP contribution in [0.25, 0.3) is 5.69 Å². The molecule has 2 aromatic rings. The van der Waals surface area contributed by atoms with Crippen LogP contribution in [0.2, 0.25) is 0 Å². The fraction of sp³-hybridized carbons (Fsp3) is 0.353. The van der Waals surface area contributed by atoms with Gasteiger partial charge in [-0.3, -0.25) is 9.59 Å². The normalized spacial score (nSPS) is 15.7. The number of amides is 1. The molecule has 6 nitrogen and oxygen atoms in total. The number of hydrogen-bond donors (Lipinski definition) is 2. The van der Waals surface area contributed by atoms with E-state index in [4.69, 9.17) is 5.11 Å². The molecule has 1 saturated carbocycles. The molecule has 1 fully saturated rings. The summed E-state index contributed by atoms with van der Waals surface area (Å²) in [7, 11) is 0. The van der Waals surface area contributed by atoms with Gasteiger partial charge in [-0.25, -0.2) is 4.68 Å². The van der Waals surface area contributed by atoms with E-state index in [1.54, 1.807) is 10.7 Å². The van der Waals surface area contributed by atoms with E-state index in [0.29, 0.717) is 18.5 Å². The van der Waals surface area contributed by atoms with Gasteiger partial charge in [-0.2, -0.15) is 5.10 Å². The number of aliphatic carboxylic acids is 1. The first-order valence-electron chi connectivity index (χ1n) is 7.65. The van der Waals surface area contributed by atoms with Gasteiger partial charge in [0.2, 0.25) is 0 Å². The highest BCUT2D eigenvalue weighted by Crippen LogP contribution is 2.35. The zero-order valence-corrected chi connectivity index (χ0v) is 13.0. The van der Waals surface area contributed by atoms with Crippen LogP contribution in [0.1, 0.15) is 41.9 Å². The van der Waals surface area contributed by atoms with Gasteiger partial charge < -0.3 is 10.4 Å². The van der Waals surface area contributed by atoms with E-state index in [0.717, 1.165) is 17.8 Å². The Labute approximate surface area is 134 Å². The fourth-order valence-electron chi connectivity index (χ4n) is 2.96. The van der Waals surface area contributed by atoms with Crippen LogP contribution in [0, 0.1) is 6.92 Å². The lowest BCUT2D eigenvalue weighted by atomic mass is 9.74. The number of carboxylic acids is 1. The maximum Gasteiger partial charge on any atom is 0.305 e. The third kappa shape index (κ3) is 3.11. The van der Waals surface area contributed by atoms with Gasteiger partial charge in [0.05, 0.1) is 17.6 Å². The maximum atomic E-state index is 12.5. The molecule has 0 atom stereocenters. The van der Waals surface area contributed by atoms with Gasteiger partial charge in [0.25, 0.3) is 5.91 Å². The van der Waals surface area contributed by atoms with E-state index >= 15 is 0 Å². The summed E-state index contributed by atoms with van der Waals surface area (Å²) < 4.78 is 1.71. The van der Waals surface area contributed by atoms with Crippen molar-refractivity contribution < 1.29 is 14.7 Å². The molecule has 3 rings (SSSR count). The second-order valence-electron chi connectivity index (χ2n) is 6.08. The third-order valence-electron chi connectivity index (χ3n) is 4.30. The average molecular weight is 313 g/mol. The fourth-order valence-corrected chi connectivity index (χ4v) is 2.96. The van der Waals surface area contributed by atoms with Crippen molar-refractivity contribution in [3.05, 3.63) is 47.8 Å². The van der Waals surface area contributed by atoms with Crippen molar-refractivity contribution >= 4 is 11.9 Å². The van der Waals surface area contributed by atoms with Crippen LogP contribution in [0.3, 0.4) is 0 Å². The Morgan fingerprint density at radius 1 is 1.30 bits per heavy atom. The van der Waals surface area contributed by atoms with E-state index in [9.17, 15) is 9.59 Å². The average Bonchev–Trinajstić information content (AvgIpc) is 2.87. The van der Waals surface area contributed by atoms with Gasteiger partial charge in [-0.15, -0.1) is 0 Å². The number of benzene rings is 1. The molecule has 6 heteroatoms. The zero-order valence-electron chi connectivity index (χ0n) is 13.0. The quantitative estimate of drug-likeness (QED) is 0.887. The van der Waals surface area contributed by atoms with E-state index in [1.165, 1.54) is 0 Å². The van der Waals surface area contributed by atoms with Crippen LogP contribution < -0.4 is 5.32 Å². The van der Waals surface area contributed by atoms with Gasteiger partial charge in [0, 0.05) is 5.69 Å². The van der Waals surface area contributed by atoms with E-state index in [-0.39, 0.29) is 12.3 Å². The van der Waals surface area contributed by atoms with E-state index in [1.807, 2.05) is 37.3 Å². The molecular formula is C17H19N3O3. The second kappa shape index (κ2) is 5.87. The SMILES string of the molecule is Cc1cc(C(=O)NC2(CC(=O)O)CCC2)nn1-c1ccccc1. The smallest absolute Gasteiger partial charge is 0.305 e. The summed E-state index contributed by atoms with van der Waals surface area (Å²) in [5.74, 6) is -1.21. The molecular weight excluding hydrogens is 294 g/mol. The predicted octanol–water partition coefficient (Wildman–Crippen LogP) is 2.31. The zero-order chi connectivity index (χ0) is 16.4. The molecule has 1 amide bonds. The Bertz CT molecular complexity index is 733. The highest BCUT2D eigenvalue weighted by atomic mass is 16.4. The number of nitrogens with zero attached hydrogens (tertiary/aromatic N) is 2. The Hall–Kier alpha value is -2.63. The number of carbonyl (C=O) groups is 2. The van der Waals surface area contributed by atoms with Crippen molar-refractivity contribution in [3.63, 3.8) is 0 Å². The highest BCUT2D eigenvalue weighted by Gasteiger charge is 2.40. The van der Waals surface area contributed by atoms with Gasteiger partial charge in [0.15, 0.2) is 5.69 Å². The molecule has 0 bridgehead atoms. The topological polar surface area (TPSA) is 84.2 Å². The number of hydrogen-bond acceptors (Lipinski definition) is 3. The summed E-state index contributed by atoms with van der Waals surface area (Å²) in [4.78, 5) is 23.4. The number of nitrogens with one attached hydrogen (secondary N) is 1. The maximum absolute atomic E-state index is 12.5. The lowest BCUT2D eigenvalue weighted by Gasteiger charge is -2.41. The molecule has 1 aromatic carbocycles. The molecule has 0 spiro atoms. The predicted molar refractivity (Wildman–Crippen MR) is 84.6 cm³/mol. The van der Waals surface area contributed by atoms with E-state index in [2.05, 4.69) is 10.4 Å². The largest absolute Gasteiger partial charge is 0.481 e. The summed E-state index contributed by atoms with van der Waals surface area (Å²) in [5, 5.41) is 16.3. The molecule has 0 aliphatic heterocycles. The van der Waals surface area contributed by atoms with Crippen LogP contribution in [0.4, 0.5) is 0 Å². The molecule has 23 heavy (non-hydrogen) atoms. The Balaban J connectivity index is 1.80. The Kier molecular flexibility index (Phi) is 3.90. The number of carbonyl (C=O) groups excluding carboxylic acids is 1. The number of rotatable bonds is 5. The second-order valence-corrected chi connectivity index (χ2v) is 6.08. The van der Waals surface area contributed by atoms with Crippen molar-refractivity contribution in [2.45, 2.75) is 38.1 Å². The summed E-state index contributed by atoms with van der Waals surface area (Å²) in [6.45, 7) is 1.88. The minimum atomic E-state index is -0.893. The summed E-state index contributed by atoms with van der Waals surface area (Å²) >= 11 is 0. The minimum Gasteiger partial charge on any atom is -0.481 e. The summed E-state index contributed by atoms with van der Waals surface area (Å²) in [5.41, 5.74) is 1.42. The molecule has 120 valence electrons. The molecule has 1 aliphatic carbocycles. The number of para-hydroxylation sites is 1. The van der Waals surface area contributed by atoms with Crippen molar-refractivity contribution in [2.75, 3.05) is 0 Å². The number of carboxylic acid groups (broad SMARTS) is 1. The van der Waals surface area contributed by atoms with Gasteiger partial charge in [-0.1, -0.05) is 18.2 Å². The van der Waals surface area contributed by atoms with Crippen molar-refractivity contribution in [3.8, 4) is 5.69 Å². The van der Waals surface area contributed by atoms with Crippen LogP contribution in [0.5, 0.6) is 0 Å². The summed E-state index contributed by atoms with van der Waals surface area (Å²) in [6, 6.07) is 11.3. The first kappa shape index (κ1) is 15.3. The first-order chi connectivity index (χ1) is 11.0. The lowest BCUT2D eigenvalue weighted by molar-refractivity contribution is -0.139. The number of aromatic nitrogens is 2. The molecule has 0 radical (unpaired) electrons. The van der Waals surface area contributed by atoms with Crippen LogP contribution >= 0.6 is 0 Å². The minimum absolute atomic E-state index is 0.0445. The van der Waals surface area contributed by atoms with Crippen LogP contribution in [-0.2, 0) is 4.79 Å². The third-order valence-corrected chi connectivity index (χ3v) is 4.30. The van der Waals surface area contributed by atoms with E-state index < -0.39 is 11.5 Å². The van der Waals surface area contributed by atoms with Gasteiger partial charge >= 0.3 is 5.97 Å².